The van der Waals surface area contributed by atoms with Gasteiger partial charge in [0.1, 0.15) is 6.54 Å². The van der Waals surface area contributed by atoms with Crippen LogP contribution in [-0.2, 0) is 11.3 Å². The van der Waals surface area contributed by atoms with E-state index in [2.05, 4.69) is 31.7 Å². The third-order valence-corrected chi connectivity index (χ3v) is 4.60. The van der Waals surface area contributed by atoms with Crippen molar-refractivity contribution in [2.45, 2.75) is 6.54 Å². The van der Waals surface area contributed by atoms with E-state index in [1.807, 2.05) is 49.3 Å². The van der Waals surface area contributed by atoms with E-state index in [0.29, 0.717) is 17.9 Å². The van der Waals surface area contributed by atoms with Crippen molar-refractivity contribution in [3.63, 3.8) is 0 Å². The Morgan fingerprint density at radius 1 is 1.18 bits per heavy atom. The molecule has 7 nitrogen and oxygen atoms in total. The van der Waals surface area contributed by atoms with E-state index in [9.17, 15) is 9.59 Å². The first-order chi connectivity index (χ1) is 13.4. The number of likely N-dealkylation sites (N-methyl/N-ethyl adjacent to an activating group) is 1. The number of amides is 2. The Labute approximate surface area is 171 Å². The van der Waals surface area contributed by atoms with Crippen LogP contribution in [0, 0.1) is 0 Å². The van der Waals surface area contributed by atoms with Crippen molar-refractivity contribution in [3.05, 3.63) is 58.7 Å². The zero-order chi connectivity index (χ0) is 20.1. The Morgan fingerprint density at radius 2 is 1.96 bits per heavy atom. The number of benzene rings is 2. The number of halogens is 1. The molecule has 0 atom stereocenters. The fourth-order valence-corrected chi connectivity index (χ4v) is 3.26. The summed E-state index contributed by atoms with van der Waals surface area (Å²) < 4.78 is 2.33. The van der Waals surface area contributed by atoms with Gasteiger partial charge < -0.3 is 15.5 Å². The Morgan fingerprint density at radius 3 is 2.75 bits per heavy atom. The van der Waals surface area contributed by atoms with E-state index >= 15 is 0 Å². The Bertz CT molecular complexity index is 999. The SMILES string of the molecule is CN(C)CCNC(=O)Cn1ccc(NC(=O)c2cc(Br)cc3ccccc23)n1. The molecule has 0 saturated carbocycles. The maximum absolute atomic E-state index is 12.8. The molecular weight excluding hydrogens is 422 g/mol. The van der Waals surface area contributed by atoms with Crippen LogP contribution in [-0.4, -0.2) is 53.7 Å². The van der Waals surface area contributed by atoms with E-state index < -0.39 is 0 Å². The van der Waals surface area contributed by atoms with Crippen molar-refractivity contribution >= 4 is 44.3 Å². The summed E-state index contributed by atoms with van der Waals surface area (Å²) in [4.78, 5) is 26.7. The lowest BCUT2D eigenvalue weighted by molar-refractivity contribution is -0.121. The van der Waals surface area contributed by atoms with Gasteiger partial charge in [-0.1, -0.05) is 40.2 Å². The highest BCUT2D eigenvalue weighted by atomic mass is 79.9. The summed E-state index contributed by atoms with van der Waals surface area (Å²) in [5.41, 5.74) is 0.556. The molecular formula is C20H22BrN5O2. The van der Waals surface area contributed by atoms with Crippen LogP contribution in [0.25, 0.3) is 10.8 Å². The summed E-state index contributed by atoms with van der Waals surface area (Å²) in [5.74, 6) is 0.0224. The summed E-state index contributed by atoms with van der Waals surface area (Å²) >= 11 is 3.45. The highest BCUT2D eigenvalue weighted by Crippen LogP contribution is 2.25. The van der Waals surface area contributed by atoms with Gasteiger partial charge in [-0.15, -0.1) is 0 Å². The molecule has 0 saturated heterocycles. The summed E-state index contributed by atoms with van der Waals surface area (Å²) in [6, 6.07) is 13.1. The van der Waals surface area contributed by atoms with Gasteiger partial charge in [-0.3, -0.25) is 14.3 Å². The van der Waals surface area contributed by atoms with Crippen molar-refractivity contribution in [2.24, 2.45) is 0 Å². The van der Waals surface area contributed by atoms with E-state index in [0.717, 1.165) is 21.8 Å². The van der Waals surface area contributed by atoms with Crippen molar-refractivity contribution in [3.8, 4) is 0 Å². The van der Waals surface area contributed by atoms with Gasteiger partial charge in [0.15, 0.2) is 5.82 Å². The molecule has 0 spiro atoms. The van der Waals surface area contributed by atoms with Gasteiger partial charge in [-0.25, -0.2) is 0 Å². The van der Waals surface area contributed by atoms with E-state index in [1.165, 1.54) is 4.68 Å². The van der Waals surface area contributed by atoms with Crippen molar-refractivity contribution in [1.82, 2.24) is 20.0 Å². The molecule has 0 fully saturated rings. The van der Waals surface area contributed by atoms with Crippen LogP contribution in [0.5, 0.6) is 0 Å². The lowest BCUT2D eigenvalue weighted by atomic mass is 10.0. The summed E-state index contributed by atoms with van der Waals surface area (Å²) in [7, 11) is 3.90. The molecule has 2 aromatic carbocycles. The predicted molar refractivity (Wildman–Crippen MR) is 113 cm³/mol. The fraction of sp³-hybridized carbons (Fsp3) is 0.250. The van der Waals surface area contributed by atoms with Crippen LogP contribution in [0.2, 0.25) is 0 Å². The minimum Gasteiger partial charge on any atom is -0.353 e. The second-order valence-electron chi connectivity index (χ2n) is 6.68. The van der Waals surface area contributed by atoms with Crippen molar-refractivity contribution in [2.75, 3.05) is 32.5 Å². The highest BCUT2D eigenvalue weighted by Gasteiger charge is 2.13. The van der Waals surface area contributed by atoms with Crippen molar-refractivity contribution < 1.29 is 9.59 Å². The van der Waals surface area contributed by atoms with Crippen LogP contribution >= 0.6 is 15.9 Å². The number of aromatic nitrogens is 2. The van der Waals surface area contributed by atoms with E-state index in [-0.39, 0.29) is 18.4 Å². The molecule has 0 aliphatic rings. The first-order valence-electron chi connectivity index (χ1n) is 8.87. The maximum atomic E-state index is 12.8. The summed E-state index contributed by atoms with van der Waals surface area (Å²) in [6.45, 7) is 1.45. The topological polar surface area (TPSA) is 79.3 Å². The average Bonchev–Trinajstić information content (AvgIpc) is 3.07. The highest BCUT2D eigenvalue weighted by molar-refractivity contribution is 9.10. The van der Waals surface area contributed by atoms with Gasteiger partial charge in [-0.05, 0) is 37.0 Å². The van der Waals surface area contributed by atoms with E-state index in [4.69, 9.17) is 0 Å². The molecule has 2 N–H and O–H groups in total. The first kappa shape index (κ1) is 20.0. The Hall–Kier alpha value is -2.71. The molecule has 2 amide bonds. The van der Waals surface area contributed by atoms with Gasteiger partial charge in [0, 0.05) is 35.4 Å². The molecule has 1 heterocycles. The third-order valence-electron chi connectivity index (χ3n) is 4.14. The number of rotatable bonds is 7. The monoisotopic (exact) mass is 443 g/mol. The van der Waals surface area contributed by atoms with Crippen LogP contribution in [0.4, 0.5) is 5.82 Å². The first-order valence-corrected chi connectivity index (χ1v) is 9.66. The molecule has 28 heavy (non-hydrogen) atoms. The van der Waals surface area contributed by atoms with Gasteiger partial charge in [0.2, 0.25) is 5.91 Å². The molecule has 8 heteroatoms. The number of anilines is 1. The van der Waals surface area contributed by atoms with Crippen LogP contribution in [0.1, 0.15) is 10.4 Å². The number of carbonyl (C=O) groups excluding carboxylic acids is 2. The summed E-state index contributed by atoms with van der Waals surface area (Å²) in [5, 5.41) is 11.7. The van der Waals surface area contributed by atoms with Crippen LogP contribution in [0.15, 0.2) is 53.1 Å². The maximum Gasteiger partial charge on any atom is 0.257 e. The van der Waals surface area contributed by atoms with Gasteiger partial charge in [0.05, 0.1) is 0 Å². The largest absolute Gasteiger partial charge is 0.353 e. The molecule has 1 aromatic heterocycles. The van der Waals surface area contributed by atoms with Crippen LogP contribution < -0.4 is 10.6 Å². The number of fused-ring (bicyclic) bond motifs is 1. The molecule has 3 rings (SSSR count). The number of hydrogen-bond donors (Lipinski definition) is 2. The molecule has 0 radical (unpaired) electrons. The number of nitrogens with one attached hydrogen (secondary N) is 2. The van der Waals surface area contributed by atoms with Gasteiger partial charge in [0.25, 0.3) is 5.91 Å². The molecule has 146 valence electrons. The lowest BCUT2D eigenvalue weighted by Gasteiger charge is -2.10. The summed E-state index contributed by atoms with van der Waals surface area (Å²) in [6.07, 6.45) is 1.67. The number of carbonyl (C=O) groups is 2. The van der Waals surface area contributed by atoms with Gasteiger partial charge >= 0.3 is 0 Å². The molecule has 0 bridgehead atoms. The molecule has 3 aromatic rings. The normalized spacial score (nSPS) is 11.0. The van der Waals surface area contributed by atoms with Gasteiger partial charge in [-0.2, -0.15) is 5.10 Å². The third kappa shape index (κ3) is 5.17. The number of hydrogen-bond acceptors (Lipinski definition) is 4. The minimum atomic E-state index is -0.252. The zero-order valence-electron chi connectivity index (χ0n) is 15.8. The second kappa shape index (κ2) is 8.99. The molecule has 0 aliphatic carbocycles. The Balaban J connectivity index is 1.65. The smallest absolute Gasteiger partial charge is 0.257 e. The fourth-order valence-electron chi connectivity index (χ4n) is 2.78. The number of nitrogens with zero attached hydrogens (tertiary/aromatic N) is 3. The predicted octanol–water partition coefficient (Wildman–Crippen LogP) is 2.73. The van der Waals surface area contributed by atoms with E-state index in [1.54, 1.807) is 18.3 Å². The lowest BCUT2D eigenvalue weighted by Crippen LogP contribution is -2.33. The zero-order valence-corrected chi connectivity index (χ0v) is 17.4. The van der Waals surface area contributed by atoms with Crippen LogP contribution in [0.3, 0.4) is 0 Å². The second-order valence-corrected chi connectivity index (χ2v) is 7.60. The molecule has 0 aliphatic heterocycles. The van der Waals surface area contributed by atoms with Crippen molar-refractivity contribution in [1.29, 1.82) is 0 Å². The minimum absolute atomic E-state index is 0.100. The quantitative estimate of drug-likeness (QED) is 0.588. The standard InChI is InChI=1S/C20H22BrN5O2/c1-25(2)10-8-22-19(27)13-26-9-7-18(24-26)23-20(28)17-12-15(21)11-14-5-3-4-6-16(14)17/h3-7,9,11-12H,8,10,13H2,1-2H3,(H,22,27)(H,23,24,28). The molecule has 0 unspecified atom stereocenters. The average molecular weight is 444 g/mol. The Kier molecular flexibility index (Phi) is 6.43.